The van der Waals surface area contributed by atoms with Crippen LogP contribution in [0.2, 0.25) is 0 Å². The first kappa shape index (κ1) is 18.2. The number of unbranched alkanes of at least 4 members (excludes halogenated alkanes) is 4. The van der Waals surface area contributed by atoms with Crippen LogP contribution in [0.25, 0.3) is 43.1 Å². The molecule has 0 aliphatic rings. The summed E-state index contributed by atoms with van der Waals surface area (Å²) in [6.07, 6.45) is 7.90. The van der Waals surface area contributed by atoms with Crippen LogP contribution in [0.15, 0.2) is 78.9 Å². The van der Waals surface area contributed by atoms with Gasteiger partial charge in [0, 0.05) is 0 Å². The average Bonchev–Trinajstić information content (AvgIpc) is 2.77. The minimum absolute atomic E-state index is 1.20. The Balaban J connectivity index is 1.55. The Morgan fingerprint density at radius 2 is 1.14 bits per heavy atom. The first-order chi connectivity index (χ1) is 14.3. The molecule has 0 nitrogen and oxygen atoms in total. The van der Waals surface area contributed by atoms with Gasteiger partial charge in [-0.05, 0) is 73.6 Å². The maximum Gasteiger partial charge on any atom is -0.00987 e. The molecule has 0 spiro atoms. The van der Waals surface area contributed by atoms with Crippen molar-refractivity contribution in [3.63, 3.8) is 0 Å². The van der Waals surface area contributed by atoms with Crippen molar-refractivity contribution >= 4 is 43.1 Å². The van der Waals surface area contributed by atoms with Gasteiger partial charge in [-0.15, -0.1) is 0 Å². The standard InChI is InChI=1S/C29H28/c1-2-3-4-5-6-9-21-12-15-26-24(18-21)13-17-28-27(26)16-14-25-19-22-10-7-8-11-23(22)20-29(25)28/h7-8,10-20H,2-6,9H2,1H3. The van der Waals surface area contributed by atoms with Crippen molar-refractivity contribution in [3.05, 3.63) is 84.4 Å². The van der Waals surface area contributed by atoms with Crippen LogP contribution < -0.4 is 0 Å². The highest BCUT2D eigenvalue weighted by atomic mass is 14.1. The molecule has 0 unspecified atom stereocenters. The van der Waals surface area contributed by atoms with E-state index in [9.17, 15) is 0 Å². The van der Waals surface area contributed by atoms with E-state index in [4.69, 9.17) is 0 Å². The molecule has 5 aromatic rings. The fourth-order valence-electron chi connectivity index (χ4n) is 4.71. The quantitative estimate of drug-likeness (QED) is 0.158. The van der Waals surface area contributed by atoms with Crippen molar-refractivity contribution in [1.82, 2.24) is 0 Å². The summed E-state index contributed by atoms with van der Waals surface area (Å²) in [6, 6.07) is 29.6. The fourth-order valence-corrected chi connectivity index (χ4v) is 4.71. The SMILES string of the molecule is CCCCCCCc1ccc2c(ccc3c4cc5ccccc5cc4ccc23)c1. The van der Waals surface area contributed by atoms with Gasteiger partial charge in [0.15, 0.2) is 0 Å². The molecule has 29 heavy (non-hydrogen) atoms. The molecular weight excluding hydrogens is 348 g/mol. The van der Waals surface area contributed by atoms with Gasteiger partial charge in [0.25, 0.3) is 0 Å². The van der Waals surface area contributed by atoms with E-state index >= 15 is 0 Å². The Morgan fingerprint density at radius 1 is 0.483 bits per heavy atom. The summed E-state index contributed by atoms with van der Waals surface area (Å²) in [5.41, 5.74) is 1.47. The smallest absolute Gasteiger partial charge is 0.00987 e. The van der Waals surface area contributed by atoms with Crippen molar-refractivity contribution in [3.8, 4) is 0 Å². The van der Waals surface area contributed by atoms with E-state index < -0.39 is 0 Å². The lowest BCUT2D eigenvalue weighted by Gasteiger charge is -2.10. The van der Waals surface area contributed by atoms with Crippen molar-refractivity contribution in [2.45, 2.75) is 45.4 Å². The molecule has 0 atom stereocenters. The summed E-state index contributed by atoms with van der Waals surface area (Å²) < 4.78 is 0. The summed E-state index contributed by atoms with van der Waals surface area (Å²) in [4.78, 5) is 0. The van der Waals surface area contributed by atoms with Crippen molar-refractivity contribution in [2.75, 3.05) is 0 Å². The zero-order valence-electron chi connectivity index (χ0n) is 17.2. The second kappa shape index (κ2) is 7.87. The maximum atomic E-state index is 2.40. The third-order valence-electron chi connectivity index (χ3n) is 6.33. The van der Waals surface area contributed by atoms with Crippen molar-refractivity contribution in [2.24, 2.45) is 0 Å². The van der Waals surface area contributed by atoms with Gasteiger partial charge in [-0.1, -0.05) is 99.3 Å². The summed E-state index contributed by atoms with van der Waals surface area (Å²) in [5.74, 6) is 0. The van der Waals surface area contributed by atoms with E-state index in [1.54, 1.807) is 0 Å². The Bertz CT molecular complexity index is 1310. The molecule has 0 saturated carbocycles. The lowest BCUT2D eigenvalue weighted by atomic mass is 9.94. The Morgan fingerprint density at radius 3 is 1.93 bits per heavy atom. The zero-order valence-corrected chi connectivity index (χ0v) is 17.2. The lowest BCUT2D eigenvalue weighted by Crippen LogP contribution is -1.88. The van der Waals surface area contributed by atoms with Crippen molar-refractivity contribution in [1.29, 1.82) is 0 Å². The molecule has 5 rings (SSSR count). The highest BCUT2D eigenvalue weighted by Gasteiger charge is 2.07. The van der Waals surface area contributed by atoms with Crippen LogP contribution in [0, 0.1) is 0 Å². The average molecular weight is 377 g/mol. The van der Waals surface area contributed by atoms with Gasteiger partial charge >= 0.3 is 0 Å². The number of benzene rings is 5. The molecule has 0 heterocycles. The minimum Gasteiger partial charge on any atom is -0.0654 e. The Hall–Kier alpha value is -2.86. The Labute approximate surface area is 173 Å². The summed E-state index contributed by atoms with van der Waals surface area (Å²) in [6.45, 7) is 2.28. The number of hydrogen-bond acceptors (Lipinski definition) is 0. The van der Waals surface area contributed by atoms with Crippen LogP contribution in [-0.2, 0) is 6.42 Å². The normalized spacial score (nSPS) is 11.8. The predicted molar refractivity (Wildman–Crippen MR) is 129 cm³/mol. The molecule has 0 N–H and O–H groups in total. The van der Waals surface area contributed by atoms with E-state index in [1.807, 2.05) is 0 Å². The predicted octanol–water partition coefficient (Wildman–Crippen LogP) is 8.81. The molecule has 0 fully saturated rings. The molecule has 0 aliphatic carbocycles. The van der Waals surface area contributed by atoms with Gasteiger partial charge in [-0.2, -0.15) is 0 Å². The van der Waals surface area contributed by atoms with E-state index in [-0.39, 0.29) is 0 Å². The minimum atomic E-state index is 1.20. The molecule has 144 valence electrons. The van der Waals surface area contributed by atoms with Gasteiger partial charge in [0.1, 0.15) is 0 Å². The van der Waals surface area contributed by atoms with Crippen LogP contribution in [0.3, 0.4) is 0 Å². The first-order valence-corrected chi connectivity index (χ1v) is 11.1. The van der Waals surface area contributed by atoms with E-state index in [1.165, 1.54) is 87.2 Å². The van der Waals surface area contributed by atoms with Crippen LogP contribution in [-0.4, -0.2) is 0 Å². The largest absolute Gasteiger partial charge is 0.0654 e. The lowest BCUT2D eigenvalue weighted by molar-refractivity contribution is 0.632. The highest BCUT2D eigenvalue weighted by Crippen LogP contribution is 2.34. The maximum absolute atomic E-state index is 2.40. The second-order valence-electron chi connectivity index (χ2n) is 8.37. The van der Waals surface area contributed by atoms with E-state index in [0.717, 1.165) is 0 Å². The van der Waals surface area contributed by atoms with Crippen molar-refractivity contribution < 1.29 is 0 Å². The molecule has 0 radical (unpaired) electrons. The van der Waals surface area contributed by atoms with Crippen LogP contribution in [0.1, 0.15) is 44.6 Å². The van der Waals surface area contributed by atoms with Gasteiger partial charge in [-0.3, -0.25) is 0 Å². The zero-order chi connectivity index (χ0) is 19.6. The molecular formula is C29H28. The first-order valence-electron chi connectivity index (χ1n) is 11.1. The summed E-state index contributed by atoms with van der Waals surface area (Å²) >= 11 is 0. The summed E-state index contributed by atoms with van der Waals surface area (Å²) in [5, 5.41) is 10.7. The monoisotopic (exact) mass is 376 g/mol. The second-order valence-corrected chi connectivity index (χ2v) is 8.37. The number of aryl methyl sites for hydroxylation is 1. The van der Waals surface area contributed by atoms with Gasteiger partial charge in [-0.25, -0.2) is 0 Å². The third kappa shape index (κ3) is 3.49. The Kier molecular flexibility index (Phi) is 4.94. The van der Waals surface area contributed by atoms with Gasteiger partial charge < -0.3 is 0 Å². The van der Waals surface area contributed by atoms with E-state index in [0.29, 0.717) is 0 Å². The summed E-state index contributed by atoms with van der Waals surface area (Å²) in [7, 11) is 0. The molecule has 0 heteroatoms. The molecule has 0 amide bonds. The molecule has 0 saturated heterocycles. The van der Waals surface area contributed by atoms with Gasteiger partial charge in [0.05, 0.1) is 0 Å². The third-order valence-corrected chi connectivity index (χ3v) is 6.33. The number of fused-ring (bicyclic) bond motifs is 6. The molecule has 0 bridgehead atoms. The molecule has 0 aromatic heterocycles. The van der Waals surface area contributed by atoms with E-state index in [2.05, 4.69) is 85.8 Å². The van der Waals surface area contributed by atoms with Crippen LogP contribution >= 0.6 is 0 Å². The number of rotatable bonds is 6. The van der Waals surface area contributed by atoms with Crippen LogP contribution in [0.4, 0.5) is 0 Å². The molecule has 0 aliphatic heterocycles. The van der Waals surface area contributed by atoms with Gasteiger partial charge in [0.2, 0.25) is 0 Å². The highest BCUT2D eigenvalue weighted by molar-refractivity contribution is 6.19. The topological polar surface area (TPSA) is 0 Å². The number of hydrogen-bond donors (Lipinski definition) is 0. The van der Waals surface area contributed by atoms with Crippen LogP contribution in [0.5, 0.6) is 0 Å². The molecule has 5 aromatic carbocycles. The fraction of sp³-hybridized carbons (Fsp3) is 0.241.